The van der Waals surface area contributed by atoms with E-state index in [2.05, 4.69) is 9.67 Å². The zero-order chi connectivity index (χ0) is 22.9. The standard InChI is InChI=1S/C26H28ClN5O/c1-30(2)14-4-7-24(33)31-16-23-25(19-10-12-28-13-11-19)26(20-5-3-6-21(27)15-20)29-32(23)17-22(31)18-8-9-18/h3-7,10-13,15,18,22H,8-9,14,16-17H2,1-2H3/b7-4+. The molecular weight excluding hydrogens is 434 g/mol. The predicted octanol–water partition coefficient (Wildman–Crippen LogP) is 4.50. The summed E-state index contributed by atoms with van der Waals surface area (Å²) in [6, 6.07) is 12.0. The van der Waals surface area contributed by atoms with Gasteiger partial charge in [0.15, 0.2) is 0 Å². The first-order chi connectivity index (χ1) is 16.0. The summed E-state index contributed by atoms with van der Waals surface area (Å²) >= 11 is 6.32. The second-order valence-corrected chi connectivity index (χ2v) is 9.57. The molecule has 2 aliphatic rings. The highest BCUT2D eigenvalue weighted by molar-refractivity contribution is 6.30. The lowest BCUT2D eigenvalue weighted by molar-refractivity contribution is -0.130. The molecule has 1 aromatic carbocycles. The van der Waals surface area contributed by atoms with E-state index in [1.165, 1.54) is 12.8 Å². The average molecular weight is 462 g/mol. The van der Waals surface area contributed by atoms with Crippen LogP contribution >= 0.6 is 11.6 Å². The van der Waals surface area contributed by atoms with Crippen molar-refractivity contribution in [3.8, 4) is 22.4 Å². The zero-order valence-corrected chi connectivity index (χ0v) is 19.7. The topological polar surface area (TPSA) is 54.3 Å². The minimum absolute atomic E-state index is 0.0752. The van der Waals surface area contributed by atoms with Crippen LogP contribution in [0.5, 0.6) is 0 Å². The minimum Gasteiger partial charge on any atom is -0.328 e. The highest BCUT2D eigenvalue weighted by Crippen LogP contribution is 2.42. The van der Waals surface area contributed by atoms with Gasteiger partial charge in [-0.15, -0.1) is 0 Å². The van der Waals surface area contributed by atoms with Gasteiger partial charge in [-0.25, -0.2) is 0 Å². The molecule has 5 rings (SSSR count). The molecule has 0 saturated heterocycles. The van der Waals surface area contributed by atoms with Gasteiger partial charge in [0.2, 0.25) is 5.91 Å². The molecule has 1 aliphatic carbocycles. The van der Waals surface area contributed by atoms with Crippen LogP contribution in [0.2, 0.25) is 5.02 Å². The summed E-state index contributed by atoms with van der Waals surface area (Å²) in [5.41, 5.74) is 5.02. The number of fused-ring (bicyclic) bond motifs is 1. The smallest absolute Gasteiger partial charge is 0.246 e. The summed E-state index contributed by atoms with van der Waals surface area (Å²) in [7, 11) is 4.00. The van der Waals surface area contributed by atoms with Gasteiger partial charge in [0.25, 0.3) is 0 Å². The Morgan fingerprint density at radius 2 is 1.97 bits per heavy atom. The monoisotopic (exact) mass is 461 g/mol. The number of rotatable bonds is 6. The number of nitrogens with zero attached hydrogens (tertiary/aromatic N) is 5. The Morgan fingerprint density at radius 3 is 2.67 bits per heavy atom. The summed E-state index contributed by atoms with van der Waals surface area (Å²) < 4.78 is 2.11. The van der Waals surface area contributed by atoms with Gasteiger partial charge in [-0.05, 0) is 62.7 Å². The molecule has 3 aromatic rings. The number of carbonyl (C=O) groups is 1. The van der Waals surface area contributed by atoms with E-state index in [4.69, 9.17) is 16.7 Å². The number of hydrogen-bond donors (Lipinski definition) is 0. The fourth-order valence-electron chi connectivity index (χ4n) is 4.61. The molecular formula is C26H28ClN5O. The van der Waals surface area contributed by atoms with Crippen LogP contribution in [0.4, 0.5) is 0 Å². The molecule has 0 N–H and O–H groups in total. The number of amides is 1. The summed E-state index contributed by atoms with van der Waals surface area (Å²) in [6.45, 7) is 2.00. The quantitative estimate of drug-likeness (QED) is 0.507. The van der Waals surface area contributed by atoms with E-state index in [0.29, 0.717) is 24.0 Å². The molecule has 7 heteroatoms. The second kappa shape index (κ2) is 9.12. The van der Waals surface area contributed by atoms with Crippen molar-refractivity contribution in [2.75, 3.05) is 20.6 Å². The molecule has 3 heterocycles. The first-order valence-corrected chi connectivity index (χ1v) is 11.8. The predicted molar refractivity (Wildman–Crippen MR) is 131 cm³/mol. The lowest BCUT2D eigenvalue weighted by atomic mass is 9.97. The van der Waals surface area contributed by atoms with Crippen LogP contribution in [-0.2, 0) is 17.9 Å². The van der Waals surface area contributed by atoms with Crippen molar-refractivity contribution in [1.29, 1.82) is 0 Å². The Hall–Kier alpha value is -2.96. The third-order valence-electron chi connectivity index (χ3n) is 6.39. The minimum atomic E-state index is 0.0752. The van der Waals surface area contributed by atoms with Crippen molar-refractivity contribution in [2.45, 2.75) is 32.0 Å². The average Bonchev–Trinajstić information content (AvgIpc) is 3.58. The number of benzene rings is 1. The van der Waals surface area contributed by atoms with Crippen LogP contribution in [0.1, 0.15) is 18.5 Å². The fraction of sp³-hybridized carbons (Fsp3) is 0.346. The number of likely N-dealkylation sites (N-methyl/N-ethyl adjacent to an activating group) is 1. The summed E-state index contributed by atoms with van der Waals surface area (Å²) in [4.78, 5) is 21.6. The molecule has 1 amide bonds. The van der Waals surface area contributed by atoms with E-state index in [1.54, 1.807) is 18.5 Å². The summed E-state index contributed by atoms with van der Waals surface area (Å²) in [5, 5.41) is 5.73. The summed E-state index contributed by atoms with van der Waals surface area (Å²) in [5.74, 6) is 0.624. The molecule has 2 aromatic heterocycles. The first kappa shape index (κ1) is 21.9. The van der Waals surface area contributed by atoms with Crippen LogP contribution in [0, 0.1) is 5.92 Å². The SMILES string of the molecule is CN(C)C/C=C/C(=O)N1Cc2c(-c3ccncc3)c(-c3cccc(Cl)c3)nn2CC1C1CC1. The Labute approximate surface area is 199 Å². The third-order valence-corrected chi connectivity index (χ3v) is 6.62. The molecule has 1 unspecified atom stereocenters. The molecule has 1 atom stereocenters. The fourth-order valence-corrected chi connectivity index (χ4v) is 4.80. The number of halogens is 1. The highest BCUT2D eigenvalue weighted by Gasteiger charge is 2.41. The molecule has 33 heavy (non-hydrogen) atoms. The first-order valence-electron chi connectivity index (χ1n) is 11.4. The van der Waals surface area contributed by atoms with Gasteiger partial charge in [0.1, 0.15) is 5.69 Å². The van der Waals surface area contributed by atoms with E-state index < -0.39 is 0 Å². The molecule has 0 radical (unpaired) electrons. The van der Waals surface area contributed by atoms with Crippen LogP contribution < -0.4 is 0 Å². The van der Waals surface area contributed by atoms with Crippen molar-refractivity contribution >= 4 is 17.5 Å². The molecule has 0 spiro atoms. The van der Waals surface area contributed by atoms with Crippen LogP contribution in [-0.4, -0.2) is 57.2 Å². The molecule has 1 aliphatic heterocycles. The largest absolute Gasteiger partial charge is 0.328 e. The number of hydrogen-bond acceptors (Lipinski definition) is 4. The Kier molecular flexibility index (Phi) is 6.04. The second-order valence-electron chi connectivity index (χ2n) is 9.13. The Balaban J connectivity index is 1.58. The van der Waals surface area contributed by atoms with Crippen LogP contribution in [0.15, 0.2) is 60.9 Å². The number of pyridine rings is 1. The molecule has 0 bridgehead atoms. The number of aromatic nitrogens is 3. The van der Waals surface area contributed by atoms with Crippen molar-refractivity contribution in [3.05, 3.63) is 71.7 Å². The molecule has 6 nitrogen and oxygen atoms in total. The third kappa shape index (κ3) is 4.59. The maximum absolute atomic E-state index is 13.3. The normalized spacial score (nSPS) is 18.2. The Bertz CT molecular complexity index is 1180. The Morgan fingerprint density at radius 1 is 1.18 bits per heavy atom. The van der Waals surface area contributed by atoms with Crippen molar-refractivity contribution in [3.63, 3.8) is 0 Å². The lowest BCUT2D eigenvalue weighted by Gasteiger charge is -2.36. The van der Waals surface area contributed by atoms with Crippen LogP contribution in [0.25, 0.3) is 22.4 Å². The highest BCUT2D eigenvalue weighted by atomic mass is 35.5. The van der Waals surface area contributed by atoms with Gasteiger partial charge in [0.05, 0.1) is 24.8 Å². The molecule has 1 saturated carbocycles. The van der Waals surface area contributed by atoms with E-state index in [9.17, 15) is 4.79 Å². The van der Waals surface area contributed by atoms with Gasteiger partial charge >= 0.3 is 0 Å². The lowest BCUT2D eigenvalue weighted by Crippen LogP contribution is -2.47. The zero-order valence-electron chi connectivity index (χ0n) is 19.0. The maximum atomic E-state index is 13.3. The van der Waals surface area contributed by atoms with Crippen molar-refractivity contribution in [1.82, 2.24) is 24.6 Å². The van der Waals surface area contributed by atoms with E-state index in [0.717, 1.165) is 34.6 Å². The van der Waals surface area contributed by atoms with Gasteiger partial charge in [-0.1, -0.05) is 29.8 Å². The number of carbonyl (C=O) groups excluding carboxylic acids is 1. The van der Waals surface area contributed by atoms with Gasteiger partial charge in [0, 0.05) is 41.2 Å². The van der Waals surface area contributed by atoms with E-state index in [-0.39, 0.29) is 11.9 Å². The summed E-state index contributed by atoms with van der Waals surface area (Å²) in [6.07, 6.45) is 9.61. The maximum Gasteiger partial charge on any atom is 0.246 e. The van der Waals surface area contributed by atoms with E-state index >= 15 is 0 Å². The van der Waals surface area contributed by atoms with Crippen molar-refractivity contribution in [2.24, 2.45) is 5.92 Å². The van der Waals surface area contributed by atoms with Crippen molar-refractivity contribution < 1.29 is 4.79 Å². The van der Waals surface area contributed by atoms with Gasteiger partial charge in [-0.2, -0.15) is 5.10 Å². The van der Waals surface area contributed by atoms with Gasteiger partial charge in [-0.3, -0.25) is 14.5 Å². The van der Waals surface area contributed by atoms with Gasteiger partial charge < -0.3 is 9.80 Å². The molecule has 170 valence electrons. The van der Waals surface area contributed by atoms with Crippen LogP contribution in [0.3, 0.4) is 0 Å². The van der Waals surface area contributed by atoms with E-state index in [1.807, 2.05) is 66.4 Å². The molecule has 1 fully saturated rings.